The van der Waals surface area contributed by atoms with Crippen molar-refractivity contribution in [2.45, 2.75) is 45.2 Å². The molecule has 3 rings (SSSR count). The van der Waals surface area contributed by atoms with Crippen molar-refractivity contribution in [2.24, 2.45) is 11.8 Å². The average Bonchev–Trinajstić information content (AvgIpc) is 3.07. The molecule has 2 aliphatic rings. The topological polar surface area (TPSA) is 50.4 Å². The molecule has 21 heavy (non-hydrogen) atoms. The molecule has 1 aromatic rings. The number of methoxy groups -OCH3 is 1. The van der Waals surface area contributed by atoms with Crippen molar-refractivity contribution in [1.82, 2.24) is 5.32 Å². The van der Waals surface area contributed by atoms with Crippen LogP contribution in [0.4, 0.5) is 5.69 Å². The van der Waals surface area contributed by atoms with E-state index in [0.717, 1.165) is 24.1 Å². The van der Waals surface area contributed by atoms with Gasteiger partial charge in [0, 0.05) is 19.5 Å². The Labute approximate surface area is 126 Å². The Bertz CT molecular complexity index is 530. The number of anilines is 1. The zero-order valence-corrected chi connectivity index (χ0v) is 12.8. The van der Waals surface area contributed by atoms with Gasteiger partial charge >= 0.3 is 0 Å². The predicted molar refractivity (Wildman–Crippen MR) is 83.4 cm³/mol. The van der Waals surface area contributed by atoms with E-state index in [4.69, 9.17) is 4.74 Å². The number of fused-ring (bicyclic) bond motifs is 2. The molecule has 4 heteroatoms. The fourth-order valence-corrected chi connectivity index (χ4v) is 3.90. The monoisotopic (exact) mass is 288 g/mol. The Balaban J connectivity index is 1.63. The summed E-state index contributed by atoms with van der Waals surface area (Å²) >= 11 is 0. The molecule has 0 unspecified atom stereocenters. The van der Waals surface area contributed by atoms with Crippen LogP contribution in [0.25, 0.3) is 0 Å². The van der Waals surface area contributed by atoms with Gasteiger partial charge < -0.3 is 15.4 Å². The second-order valence-electron chi connectivity index (χ2n) is 6.38. The molecule has 0 aliphatic heterocycles. The summed E-state index contributed by atoms with van der Waals surface area (Å²) < 4.78 is 5.28. The van der Waals surface area contributed by atoms with Gasteiger partial charge in [-0.3, -0.25) is 4.79 Å². The van der Waals surface area contributed by atoms with Crippen LogP contribution >= 0.6 is 0 Å². The first-order valence-corrected chi connectivity index (χ1v) is 7.83. The molecule has 2 fully saturated rings. The van der Waals surface area contributed by atoms with Gasteiger partial charge in [-0.05, 0) is 48.8 Å². The van der Waals surface area contributed by atoms with E-state index in [1.165, 1.54) is 38.2 Å². The Morgan fingerprint density at radius 2 is 2.19 bits per heavy atom. The fraction of sp³-hybridized carbons (Fsp3) is 0.588. The van der Waals surface area contributed by atoms with Crippen molar-refractivity contribution in [2.75, 3.05) is 12.4 Å². The Morgan fingerprint density at radius 1 is 1.33 bits per heavy atom. The van der Waals surface area contributed by atoms with E-state index in [2.05, 4.69) is 16.7 Å². The van der Waals surface area contributed by atoms with Crippen molar-refractivity contribution >= 4 is 11.6 Å². The number of hydrogen-bond acceptors (Lipinski definition) is 3. The van der Waals surface area contributed by atoms with Gasteiger partial charge in [0.25, 0.3) is 0 Å². The van der Waals surface area contributed by atoms with Gasteiger partial charge in [-0.1, -0.05) is 12.5 Å². The maximum absolute atomic E-state index is 11.3. The Kier molecular flexibility index (Phi) is 4.15. The summed E-state index contributed by atoms with van der Waals surface area (Å²) in [5.74, 6) is 2.46. The number of amides is 1. The van der Waals surface area contributed by atoms with Crippen molar-refractivity contribution in [1.29, 1.82) is 0 Å². The molecule has 0 radical (unpaired) electrons. The third-order valence-electron chi connectivity index (χ3n) is 4.88. The molecule has 0 saturated heterocycles. The summed E-state index contributed by atoms with van der Waals surface area (Å²) in [6.07, 6.45) is 5.57. The lowest BCUT2D eigenvalue weighted by atomic mass is 9.95. The Morgan fingerprint density at radius 3 is 2.81 bits per heavy atom. The van der Waals surface area contributed by atoms with Gasteiger partial charge in [-0.15, -0.1) is 0 Å². The lowest BCUT2D eigenvalue weighted by Crippen LogP contribution is -2.33. The van der Waals surface area contributed by atoms with Gasteiger partial charge in [-0.2, -0.15) is 0 Å². The summed E-state index contributed by atoms with van der Waals surface area (Å²) in [5.41, 5.74) is 1.93. The number of carbonyl (C=O) groups excluding carboxylic acids is 1. The van der Waals surface area contributed by atoms with Gasteiger partial charge in [0.1, 0.15) is 5.75 Å². The summed E-state index contributed by atoms with van der Waals surface area (Å²) in [7, 11) is 1.62. The highest BCUT2D eigenvalue weighted by molar-refractivity contribution is 5.90. The van der Waals surface area contributed by atoms with Crippen molar-refractivity contribution in [3.8, 4) is 5.75 Å². The molecule has 3 atom stereocenters. The number of ether oxygens (including phenoxy) is 1. The lowest BCUT2D eigenvalue weighted by molar-refractivity contribution is -0.114. The number of benzene rings is 1. The van der Waals surface area contributed by atoms with E-state index in [1.54, 1.807) is 7.11 Å². The summed E-state index contributed by atoms with van der Waals surface area (Å²) in [4.78, 5) is 11.3. The first-order valence-electron chi connectivity index (χ1n) is 7.83. The number of nitrogens with one attached hydrogen (secondary N) is 2. The van der Waals surface area contributed by atoms with E-state index in [-0.39, 0.29) is 5.91 Å². The third kappa shape index (κ3) is 3.21. The zero-order valence-electron chi connectivity index (χ0n) is 12.8. The van der Waals surface area contributed by atoms with Crippen LogP contribution in [-0.2, 0) is 11.3 Å². The first kappa shape index (κ1) is 14.4. The van der Waals surface area contributed by atoms with Gasteiger partial charge in [0.15, 0.2) is 0 Å². The molecule has 0 aromatic heterocycles. The fourth-order valence-electron chi connectivity index (χ4n) is 3.90. The highest BCUT2D eigenvalue weighted by Crippen LogP contribution is 2.44. The summed E-state index contributed by atoms with van der Waals surface area (Å²) in [6.45, 7) is 2.37. The number of hydrogen-bond donors (Lipinski definition) is 2. The average molecular weight is 288 g/mol. The van der Waals surface area contributed by atoms with E-state index in [0.29, 0.717) is 11.8 Å². The standard InChI is InChI=1S/C17H24N2O2/c1-11(20)19-16-9-13(4-6-17(16)21-2)10-18-15-8-12-3-5-14(15)7-12/h4,6,9,12,14-15,18H,3,5,7-8,10H2,1-2H3,(H,19,20)/t12-,14-,15+/m0/s1. The van der Waals surface area contributed by atoms with E-state index < -0.39 is 0 Å². The second-order valence-corrected chi connectivity index (χ2v) is 6.38. The Hall–Kier alpha value is -1.55. The quantitative estimate of drug-likeness (QED) is 0.876. The molecular weight excluding hydrogens is 264 g/mol. The van der Waals surface area contributed by atoms with Crippen LogP contribution in [0.3, 0.4) is 0 Å². The predicted octanol–water partition coefficient (Wildman–Crippen LogP) is 2.93. The van der Waals surface area contributed by atoms with Gasteiger partial charge in [0.05, 0.1) is 12.8 Å². The maximum atomic E-state index is 11.3. The molecule has 0 heterocycles. The minimum atomic E-state index is -0.0773. The van der Waals surface area contributed by atoms with Crippen LogP contribution < -0.4 is 15.4 Å². The molecule has 2 N–H and O–H groups in total. The summed E-state index contributed by atoms with van der Waals surface area (Å²) in [6, 6.07) is 6.66. The lowest BCUT2D eigenvalue weighted by Gasteiger charge is -2.23. The highest BCUT2D eigenvalue weighted by Gasteiger charge is 2.38. The minimum absolute atomic E-state index is 0.0773. The molecule has 0 spiro atoms. The first-order chi connectivity index (χ1) is 10.2. The van der Waals surface area contributed by atoms with Crippen LogP contribution in [0.15, 0.2) is 18.2 Å². The summed E-state index contributed by atoms with van der Waals surface area (Å²) in [5, 5.41) is 6.52. The van der Waals surface area contributed by atoms with Gasteiger partial charge in [-0.25, -0.2) is 0 Å². The zero-order chi connectivity index (χ0) is 14.8. The van der Waals surface area contributed by atoms with E-state index >= 15 is 0 Å². The maximum Gasteiger partial charge on any atom is 0.221 e. The normalized spacial score (nSPS) is 26.9. The molecule has 2 bridgehead atoms. The third-order valence-corrected chi connectivity index (χ3v) is 4.88. The number of carbonyl (C=O) groups is 1. The molecule has 4 nitrogen and oxygen atoms in total. The highest BCUT2D eigenvalue weighted by atomic mass is 16.5. The smallest absolute Gasteiger partial charge is 0.221 e. The largest absolute Gasteiger partial charge is 0.495 e. The van der Waals surface area contributed by atoms with Crippen LogP contribution in [0, 0.1) is 11.8 Å². The number of rotatable bonds is 5. The molecule has 114 valence electrons. The van der Waals surface area contributed by atoms with Crippen LogP contribution in [0.5, 0.6) is 5.75 Å². The van der Waals surface area contributed by atoms with Crippen LogP contribution in [0.1, 0.15) is 38.2 Å². The van der Waals surface area contributed by atoms with Crippen molar-refractivity contribution in [3.63, 3.8) is 0 Å². The van der Waals surface area contributed by atoms with E-state index in [1.807, 2.05) is 12.1 Å². The van der Waals surface area contributed by atoms with Crippen molar-refractivity contribution in [3.05, 3.63) is 23.8 Å². The SMILES string of the molecule is COc1ccc(CN[C@@H]2C[C@H]3CC[C@H]2C3)cc1NC(C)=O. The molecule has 2 aliphatic carbocycles. The van der Waals surface area contributed by atoms with Crippen LogP contribution in [-0.4, -0.2) is 19.1 Å². The minimum Gasteiger partial charge on any atom is -0.495 e. The second kappa shape index (κ2) is 6.06. The van der Waals surface area contributed by atoms with Gasteiger partial charge in [0.2, 0.25) is 5.91 Å². The van der Waals surface area contributed by atoms with E-state index in [9.17, 15) is 4.79 Å². The molecular formula is C17H24N2O2. The van der Waals surface area contributed by atoms with Crippen molar-refractivity contribution < 1.29 is 9.53 Å². The molecule has 1 aromatic carbocycles. The molecule has 2 saturated carbocycles. The van der Waals surface area contributed by atoms with Crippen LogP contribution in [0.2, 0.25) is 0 Å². The molecule has 1 amide bonds.